The summed E-state index contributed by atoms with van der Waals surface area (Å²) in [5.41, 5.74) is 1.81. The third-order valence-corrected chi connectivity index (χ3v) is 3.80. The van der Waals surface area contributed by atoms with Crippen LogP contribution in [0.5, 0.6) is 0 Å². The number of fused-ring (bicyclic) bond motifs is 1. The molecule has 3 rings (SSSR count). The van der Waals surface area contributed by atoms with Crippen molar-refractivity contribution in [3.63, 3.8) is 0 Å². The lowest BCUT2D eigenvalue weighted by molar-refractivity contribution is -0.384. The van der Waals surface area contributed by atoms with Gasteiger partial charge in [-0.2, -0.15) is 5.10 Å². The van der Waals surface area contributed by atoms with Gasteiger partial charge in [0.2, 0.25) is 0 Å². The second kappa shape index (κ2) is 7.20. The van der Waals surface area contributed by atoms with Crippen molar-refractivity contribution in [2.75, 3.05) is 11.9 Å². The Balaban J connectivity index is 1.66. The van der Waals surface area contributed by atoms with Gasteiger partial charge >= 0.3 is 5.97 Å². The van der Waals surface area contributed by atoms with Gasteiger partial charge in [-0.15, -0.1) is 0 Å². The number of hydrogen-bond acceptors (Lipinski definition) is 7. The summed E-state index contributed by atoms with van der Waals surface area (Å²) in [4.78, 5) is 38.7. The maximum Gasteiger partial charge on any atom is 0.344 e. The van der Waals surface area contributed by atoms with Crippen LogP contribution in [-0.2, 0) is 9.53 Å². The van der Waals surface area contributed by atoms with E-state index >= 15 is 0 Å². The molecule has 1 amide bonds. The van der Waals surface area contributed by atoms with Crippen molar-refractivity contribution in [2.45, 2.75) is 13.8 Å². The zero-order valence-corrected chi connectivity index (χ0v) is 14.5. The Bertz CT molecular complexity index is 1060. The van der Waals surface area contributed by atoms with Crippen LogP contribution in [0.3, 0.4) is 0 Å². The smallest absolute Gasteiger partial charge is 0.344 e. The number of nitrogens with zero attached hydrogens (tertiary/aromatic N) is 4. The molecule has 10 heteroatoms. The highest BCUT2D eigenvalue weighted by Crippen LogP contribution is 2.21. The number of aryl methyl sites for hydroxylation is 2. The van der Waals surface area contributed by atoms with Gasteiger partial charge in [0.05, 0.1) is 10.6 Å². The number of rotatable bonds is 5. The van der Waals surface area contributed by atoms with Crippen LogP contribution >= 0.6 is 0 Å². The van der Waals surface area contributed by atoms with Crippen LogP contribution in [0.25, 0.3) is 5.65 Å². The standard InChI is InChI=1S/C17H15N5O5/c1-10-8-12(22(25)26)4-5-13(10)19-14(23)9-27-17(24)15-11(2)20-21-7-3-6-18-16(15)21/h3-8H,9H2,1-2H3,(H,19,23). The summed E-state index contributed by atoms with van der Waals surface area (Å²) in [6.45, 7) is 2.76. The summed E-state index contributed by atoms with van der Waals surface area (Å²) < 4.78 is 6.51. The zero-order valence-electron chi connectivity index (χ0n) is 14.5. The van der Waals surface area contributed by atoms with Gasteiger partial charge in [0.15, 0.2) is 12.3 Å². The van der Waals surface area contributed by atoms with Crippen LogP contribution in [-0.4, -0.2) is 38.0 Å². The molecule has 1 N–H and O–H groups in total. The molecule has 27 heavy (non-hydrogen) atoms. The quantitative estimate of drug-likeness (QED) is 0.414. The van der Waals surface area contributed by atoms with Gasteiger partial charge in [0, 0.05) is 30.2 Å². The average Bonchev–Trinajstić information content (AvgIpc) is 2.97. The number of anilines is 1. The number of carbonyl (C=O) groups is 2. The number of nitro groups is 1. The Morgan fingerprint density at radius 1 is 1.33 bits per heavy atom. The van der Waals surface area contributed by atoms with Gasteiger partial charge < -0.3 is 10.1 Å². The Morgan fingerprint density at radius 3 is 2.81 bits per heavy atom. The largest absolute Gasteiger partial charge is 0.452 e. The van der Waals surface area contributed by atoms with E-state index in [1.54, 1.807) is 26.1 Å². The lowest BCUT2D eigenvalue weighted by atomic mass is 10.2. The third-order valence-electron chi connectivity index (χ3n) is 3.80. The molecule has 0 unspecified atom stereocenters. The highest BCUT2D eigenvalue weighted by atomic mass is 16.6. The molecule has 1 aromatic carbocycles. The summed E-state index contributed by atoms with van der Waals surface area (Å²) in [7, 11) is 0. The fourth-order valence-corrected chi connectivity index (χ4v) is 2.53. The summed E-state index contributed by atoms with van der Waals surface area (Å²) in [5.74, 6) is -1.28. The van der Waals surface area contributed by atoms with Crippen molar-refractivity contribution in [3.05, 3.63) is 63.6 Å². The Hall–Kier alpha value is -3.82. The van der Waals surface area contributed by atoms with Gasteiger partial charge in [-0.1, -0.05) is 0 Å². The summed E-state index contributed by atoms with van der Waals surface area (Å²) in [6, 6.07) is 5.72. The molecule has 0 spiro atoms. The van der Waals surface area contributed by atoms with E-state index < -0.39 is 23.4 Å². The fraction of sp³-hybridized carbons (Fsp3) is 0.176. The number of hydrogen-bond donors (Lipinski definition) is 1. The van der Waals surface area contributed by atoms with Crippen molar-refractivity contribution in [2.24, 2.45) is 0 Å². The first-order valence-corrected chi connectivity index (χ1v) is 7.89. The van der Waals surface area contributed by atoms with E-state index in [0.717, 1.165) is 0 Å². The van der Waals surface area contributed by atoms with E-state index in [0.29, 0.717) is 22.6 Å². The molecule has 0 atom stereocenters. The van der Waals surface area contributed by atoms with Crippen LogP contribution in [0, 0.1) is 24.0 Å². The van der Waals surface area contributed by atoms with E-state index in [1.165, 1.54) is 28.9 Å². The number of amides is 1. The minimum atomic E-state index is -0.711. The second-order valence-electron chi connectivity index (χ2n) is 5.73. The lowest BCUT2D eigenvalue weighted by Crippen LogP contribution is -2.21. The van der Waals surface area contributed by atoms with E-state index in [2.05, 4.69) is 15.4 Å². The number of esters is 1. The van der Waals surface area contributed by atoms with Gasteiger partial charge in [-0.05, 0) is 31.5 Å². The summed E-state index contributed by atoms with van der Waals surface area (Å²) in [5, 5.41) is 17.5. The van der Waals surface area contributed by atoms with Crippen LogP contribution in [0.2, 0.25) is 0 Å². The molecule has 0 aliphatic carbocycles. The molecule has 2 heterocycles. The minimum absolute atomic E-state index is 0.0759. The topological polar surface area (TPSA) is 129 Å². The second-order valence-corrected chi connectivity index (χ2v) is 5.73. The number of carbonyl (C=O) groups excluding carboxylic acids is 2. The summed E-state index contributed by atoms with van der Waals surface area (Å²) >= 11 is 0. The van der Waals surface area contributed by atoms with Gasteiger partial charge in [-0.3, -0.25) is 14.9 Å². The molecular weight excluding hydrogens is 354 g/mol. The first kappa shape index (κ1) is 18.0. The van der Waals surface area contributed by atoms with Crippen molar-refractivity contribution in [1.82, 2.24) is 14.6 Å². The average molecular weight is 369 g/mol. The molecule has 3 aromatic rings. The highest BCUT2D eigenvalue weighted by Gasteiger charge is 2.20. The molecular formula is C17H15N5O5. The minimum Gasteiger partial charge on any atom is -0.452 e. The van der Waals surface area contributed by atoms with Crippen LogP contribution < -0.4 is 5.32 Å². The lowest BCUT2D eigenvalue weighted by Gasteiger charge is -2.08. The predicted octanol–water partition coefficient (Wildman–Crippen LogP) is 2.05. The SMILES string of the molecule is Cc1cc([N+](=O)[O-])ccc1NC(=O)COC(=O)c1c(C)nn2cccnc12. The number of non-ortho nitro benzene ring substituents is 1. The monoisotopic (exact) mass is 369 g/mol. The van der Waals surface area contributed by atoms with Gasteiger partial charge in [0.1, 0.15) is 5.56 Å². The van der Waals surface area contributed by atoms with Crippen molar-refractivity contribution in [1.29, 1.82) is 0 Å². The number of nitro benzene ring substituents is 1. The zero-order chi connectivity index (χ0) is 19.6. The molecule has 0 aliphatic heterocycles. The first-order valence-electron chi connectivity index (χ1n) is 7.89. The molecule has 138 valence electrons. The van der Waals surface area contributed by atoms with Gasteiger partial charge in [0.25, 0.3) is 11.6 Å². The molecule has 0 radical (unpaired) electrons. The fourth-order valence-electron chi connectivity index (χ4n) is 2.53. The number of aromatic nitrogens is 3. The molecule has 0 saturated heterocycles. The number of nitrogens with one attached hydrogen (secondary N) is 1. The van der Waals surface area contributed by atoms with E-state index in [9.17, 15) is 19.7 Å². The number of ether oxygens (including phenoxy) is 1. The van der Waals surface area contributed by atoms with E-state index in [-0.39, 0.29) is 11.3 Å². The normalized spacial score (nSPS) is 10.6. The molecule has 10 nitrogen and oxygen atoms in total. The third kappa shape index (κ3) is 3.73. The van der Waals surface area contributed by atoms with Crippen molar-refractivity contribution >= 4 is 28.9 Å². The maximum atomic E-state index is 12.3. The number of benzene rings is 1. The summed E-state index contributed by atoms with van der Waals surface area (Å²) in [6.07, 6.45) is 3.17. The predicted molar refractivity (Wildman–Crippen MR) is 94.5 cm³/mol. The Kier molecular flexibility index (Phi) is 4.79. The van der Waals surface area contributed by atoms with Crippen LogP contribution in [0.4, 0.5) is 11.4 Å². The van der Waals surface area contributed by atoms with E-state index in [4.69, 9.17) is 4.74 Å². The molecule has 2 aromatic heterocycles. The van der Waals surface area contributed by atoms with Crippen molar-refractivity contribution < 1.29 is 19.2 Å². The van der Waals surface area contributed by atoms with Crippen LogP contribution in [0.15, 0.2) is 36.7 Å². The molecule has 0 aliphatic rings. The Labute approximate surface area is 152 Å². The van der Waals surface area contributed by atoms with Crippen LogP contribution in [0.1, 0.15) is 21.6 Å². The molecule has 0 fully saturated rings. The highest BCUT2D eigenvalue weighted by molar-refractivity contribution is 5.99. The van der Waals surface area contributed by atoms with Gasteiger partial charge in [-0.25, -0.2) is 14.3 Å². The molecule has 0 bridgehead atoms. The van der Waals surface area contributed by atoms with E-state index in [1.807, 2.05) is 0 Å². The maximum absolute atomic E-state index is 12.3. The molecule has 0 saturated carbocycles. The first-order chi connectivity index (χ1) is 12.9. The Morgan fingerprint density at radius 2 is 2.11 bits per heavy atom. The van der Waals surface area contributed by atoms with Crippen molar-refractivity contribution in [3.8, 4) is 0 Å².